The summed E-state index contributed by atoms with van der Waals surface area (Å²) in [5, 5.41) is 16.5. The van der Waals surface area contributed by atoms with E-state index in [2.05, 4.69) is 20.5 Å². The number of carbonyl (C=O) groups is 2. The third kappa shape index (κ3) is 3.92. The Bertz CT molecular complexity index is 377. The average molecular weight is 229 g/mol. The van der Waals surface area contributed by atoms with Crippen LogP contribution in [0.15, 0.2) is 0 Å². The van der Waals surface area contributed by atoms with Gasteiger partial charge < -0.3 is 20.9 Å². The van der Waals surface area contributed by atoms with Crippen LogP contribution in [0.5, 0.6) is 0 Å². The fraction of sp³-hybridized carbons (Fsp3) is 0.429. The predicted octanol–water partition coefficient (Wildman–Crippen LogP) is -1.78. The summed E-state index contributed by atoms with van der Waals surface area (Å²) in [6.07, 6.45) is 0. The first-order valence-corrected chi connectivity index (χ1v) is 4.35. The Morgan fingerprint density at radius 2 is 2.31 bits per heavy atom. The number of aromatic amines is 1. The molecule has 0 atom stereocenters. The highest BCUT2D eigenvalue weighted by atomic mass is 16.5. The van der Waals surface area contributed by atoms with Gasteiger partial charge in [-0.15, -0.1) is 5.10 Å². The lowest BCUT2D eigenvalue weighted by Crippen LogP contribution is -2.28. The number of hydrogen-bond acceptors (Lipinski definition) is 6. The molecule has 1 aromatic rings. The normalized spacial score (nSPS) is 10.0. The van der Waals surface area contributed by atoms with E-state index in [0.29, 0.717) is 0 Å². The largest absolute Gasteiger partial charge is 0.480 e. The van der Waals surface area contributed by atoms with Gasteiger partial charge in [-0.3, -0.25) is 9.89 Å². The molecule has 1 amide bonds. The monoisotopic (exact) mass is 229 g/mol. The lowest BCUT2D eigenvalue weighted by molar-refractivity contribution is -0.142. The summed E-state index contributed by atoms with van der Waals surface area (Å²) >= 11 is 0. The fourth-order valence-electron chi connectivity index (χ4n) is 0.856. The topological polar surface area (TPSA) is 143 Å². The van der Waals surface area contributed by atoms with Crippen LogP contribution in [0.1, 0.15) is 10.6 Å². The molecule has 0 aliphatic rings. The predicted molar refractivity (Wildman–Crippen MR) is 51.6 cm³/mol. The minimum atomic E-state index is -1.06. The van der Waals surface area contributed by atoms with Gasteiger partial charge in [0.1, 0.15) is 6.61 Å². The van der Waals surface area contributed by atoms with E-state index in [9.17, 15) is 9.59 Å². The molecule has 88 valence electrons. The van der Waals surface area contributed by atoms with Crippen molar-refractivity contribution < 1.29 is 19.4 Å². The molecule has 0 bridgehead atoms. The third-order valence-corrected chi connectivity index (χ3v) is 1.48. The third-order valence-electron chi connectivity index (χ3n) is 1.48. The van der Waals surface area contributed by atoms with Crippen LogP contribution in [0.2, 0.25) is 0 Å². The van der Waals surface area contributed by atoms with E-state index in [1.165, 1.54) is 0 Å². The molecule has 0 aliphatic carbocycles. The number of carboxylic acids is 1. The highest BCUT2D eigenvalue weighted by molar-refractivity contribution is 5.90. The molecule has 0 unspecified atom stereocenters. The molecule has 0 spiro atoms. The summed E-state index contributed by atoms with van der Waals surface area (Å²) in [7, 11) is 0. The van der Waals surface area contributed by atoms with Crippen molar-refractivity contribution in [2.45, 2.75) is 0 Å². The number of amides is 1. The molecule has 9 nitrogen and oxygen atoms in total. The first kappa shape index (κ1) is 11.9. The Morgan fingerprint density at radius 3 is 2.88 bits per heavy atom. The number of carbonyl (C=O) groups excluding carboxylic acids is 1. The highest BCUT2D eigenvalue weighted by Crippen LogP contribution is 1.91. The van der Waals surface area contributed by atoms with E-state index in [1.807, 2.05) is 0 Å². The standard InChI is InChI=1S/C7H11N5O4/c8-7-10-5(11-12-7)6(15)9-1-2-16-3-4(13)14/h1-3H2,(H,9,15)(H,13,14)(H3,8,10,11,12). The van der Waals surface area contributed by atoms with Gasteiger partial charge >= 0.3 is 5.97 Å². The molecule has 1 heterocycles. The Kier molecular flexibility index (Phi) is 4.21. The van der Waals surface area contributed by atoms with Crippen molar-refractivity contribution in [3.63, 3.8) is 0 Å². The maximum atomic E-state index is 11.3. The summed E-state index contributed by atoms with van der Waals surface area (Å²) in [4.78, 5) is 25.0. The van der Waals surface area contributed by atoms with Gasteiger partial charge in [-0.2, -0.15) is 4.98 Å². The van der Waals surface area contributed by atoms with Gasteiger partial charge in [0.25, 0.3) is 5.91 Å². The van der Waals surface area contributed by atoms with Crippen molar-refractivity contribution in [2.24, 2.45) is 0 Å². The maximum absolute atomic E-state index is 11.3. The smallest absolute Gasteiger partial charge is 0.329 e. The van der Waals surface area contributed by atoms with E-state index in [-0.39, 0.29) is 24.9 Å². The first-order chi connectivity index (χ1) is 7.59. The molecule has 0 aliphatic heterocycles. The average Bonchev–Trinajstić information content (AvgIpc) is 2.63. The second kappa shape index (κ2) is 5.66. The summed E-state index contributed by atoms with van der Waals surface area (Å²) < 4.78 is 4.70. The molecule has 1 rings (SSSR count). The highest BCUT2D eigenvalue weighted by Gasteiger charge is 2.09. The SMILES string of the molecule is Nc1n[nH]c(C(=O)NCCOCC(=O)O)n1. The Morgan fingerprint density at radius 1 is 1.56 bits per heavy atom. The van der Waals surface area contributed by atoms with Gasteiger partial charge in [-0.25, -0.2) is 4.79 Å². The van der Waals surface area contributed by atoms with E-state index >= 15 is 0 Å². The van der Waals surface area contributed by atoms with Crippen LogP contribution in [0.3, 0.4) is 0 Å². The first-order valence-electron chi connectivity index (χ1n) is 4.35. The summed E-state index contributed by atoms with van der Waals surface area (Å²) in [5.41, 5.74) is 5.20. The van der Waals surface area contributed by atoms with Crippen molar-refractivity contribution >= 4 is 17.8 Å². The number of nitrogens with one attached hydrogen (secondary N) is 2. The van der Waals surface area contributed by atoms with E-state index < -0.39 is 18.5 Å². The number of nitrogen functional groups attached to an aromatic ring is 1. The van der Waals surface area contributed by atoms with Gasteiger partial charge in [0.2, 0.25) is 11.8 Å². The number of nitrogens with zero attached hydrogens (tertiary/aromatic N) is 2. The molecule has 9 heteroatoms. The second-order valence-corrected chi connectivity index (χ2v) is 2.74. The lowest BCUT2D eigenvalue weighted by Gasteiger charge is -2.02. The van der Waals surface area contributed by atoms with Crippen molar-refractivity contribution in [1.82, 2.24) is 20.5 Å². The van der Waals surface area contributed by atoms with Gasteiger partial charge in [-0.05, 0) is 0 Å². The quantitative estimate of drug-likeness (QED) is 0.422. The van der Waals surface area contributed by atoms with Crippen LogP contribution in [0.25, 0.3) is 0 Å². The van der Waals surface area contributed by atoms with Gasteiger partial charge in [-0.1, -0.05) is 0 Å². The second-order valence-electron chi connectivity index (χ2n) is 2.74. The van der Waals surface area contributed by atoms with Crippen LogP contribution < -0.4 is 11.1 Å². The molecule has 5 N–H and O–H groups in total. The minimum Gasteiger partial charge on any atom is -0.480 e. The molecule has 0 saturated heterocycles. The number of anilines is 1. The van der Waals surface area contributed by atoms with Crippen LogP contribution in [-0.2, 0) is 9.53 Å². The molecular weight excluding hydrogens is 218 g/mol. The van der Waals surface area contributed by atoms with Crippen molar-refractivity contribution in [1.29, 1.82) is 0 Å². The zero-order valence-corrected chi connectivity index (χ0v) is 8.27. The number of aliphatic carboxylic acids is 1. The van der Waals surface area contributed by atoms with E-state index in [0.717, 1.165) is 0 Å². The zero-order chi connectivity index (χ0) is 12.0. The molecule has 0 radical (unpaired) electrons. The molecule has 0 saturated carbocycles. The maximum Gasteiger partial charge on any atom is 0.329 e. The van der Waals surface area contributed by atoms with Crippen LogP contribution in [0.4, 0.5) is 5.95 Å². The number of rotatable bonds is 6. The van der Waals surface area contributed by atoms with Crippen molar-refractivity contribution in [3.05, 3.63) is 5.82 Å². The van der Waals surface area contributed by atoms with E-state index in [4.69, 9.17) is 15.6 Å². The Balaban J connectivity index is 2.18. The van der Waals surface area contributed by atoms with Crippen LogP contribution >= 0.6 is 0 Å². The number of H-pyrrole nitrogens is 1. The minimum absolute atomic E-state index is 0.00395. The number of hydrogen-bond donors (Lipinski definition) is 4. The van der Waals surface area contributed by atoms with Gasteiger partial charge in [0, 0.05) is 6.54 Å². The number of carboxylic acid groups (broad SMARTS) is 1. The molecular formula is C7H11N5O4. The van der Waals surface area contributed by atoms with Crippen molar-refractivity contribution in [3.8, 4) is 0 Å². The lowest BCUT2D eigenvalue weighted by atomic mass is 10.5. The zero-order valence-electron chi connectivity index (χ0n) is 8.27. The Labute approximate surface area is 90.0 Å². The molecule has 1 aromatic heterocycles. The fourth-order valence-corrected chi connectivity index (χ4v) is 0.856. The van der Waals surface area contributed by atoms with Crippen LogP contribution in [0, 0.1) is 0 Å². The summed E-state index contributed by atoms with van der Waals surface area (Å²) in [6.45, 7) is -0.125. The molecule has 0 fully saturated rings. The van der Waals surface area contributed by atoms with Crippen LogP contribution in [-0.4, -0.2) is 51.9 Å². The van der Waals surface area contributed by atoms with Crippen molar-refractivity contribution in [2.75, 3.05) is 25.5 Å². The molecule has 0 aromatic carbocycles. The van der Waals surface area contributed by atoms with E-state index in [1.54, 1.807) is 0 Å². The number of aromatic nitrogens is 3. The number of ether oxygens (including phenoxy) is 1. The molecule has 16 heavy (non-hydrogen) atoms. The van der Waals surface area contributed by atoms with Gasteiger partial charge in [0.05, 0.1) is 6.61 Å². The van der Waals surface area contributed by atoms with Gasteiger partial charge in [0.15, 0.2) is 0 Å². The summed E-state index contributed by atoms with van der Waals surface area (Å²) in [5.74, 6) is -1.57. The summed E-state index contributed by atoms with van der Waals surface area (Å²) in [6, 6.07) is 0. The Hall–Kier alpha value is -2.16. The number of nitrogens with two attached hydrogens (primary N) is 1.